The van der Waals surface area contributed by atoms with Crippen molar-refractivity contribution in [3.63, 3.8) is 0 Å². The Kier molecular flexibility index (Phi) is 8.42. The SMILES string of the molecule is CCS(=O)(=O)N1CCC(N2CCN(c3ccccc3)CC2)CC1.O=C(O)C(=O)O. The van der Waals surface area contributed by atoms with Crippen LogP contribution in [-0.4, -0.2) is 90.8 Å². The van der Waals surface area contributed by atoms with E-state index in [0.29, 0.717) is 19.1 Å². The molecule has 0 aliphatic carbocycles. The zero-order valence-corrected chi connectivity index (χ0v) is 17.4. The summed E-state index contributed by atoms with van der Waals surface area (Å²) in [5.41, 5.74) is 1.30. The van der Waals surface area contributed by atoms with E-state index in [9.17, 15) is 8.42 Å². The molecule has 0 amide bonds. The molecule has 0 aromatic heterocycles. The Bertz CT molecular complexity index is 758. The summed E-state index contributed by atoms with van der Waals surface area (Å²) in [6.07, 6.45) is 1.93. The lowest BCUT2D eigenvalue weighted by molar-refractivity contribution is -0.159. The third-order valence-corrected chi connectivity index (χ3v) is 7.20. The number of carbonyl (C=O) groups is 2. The van der Waals surface area contributed by atoms with Gasteiger partial charge in [0.1, 0.15) is 0 Å². The lowest BCUT2D eigenvalue weighted by Crippen LogP contribution is -2.53. The largest absolute Gasteiger partial charge is 0.473 e. The first-order valence-corrected chi connectivity index (χ1v) is 11.3. The molecule has 1 aromatic rings. The highest BCUT2D eigenvalue weighted by Gasteiger charge is 2.31. The molecule has 0 spiro atoms. The van der Waals surface area contributed by atoms with E-state index in [0.717, 1.165) is 39.0 Å². The first-order chi connectivity index (χ1) is 13.7. The number of hydrogen-bond acceptors (Lipinski definition) is 6. The Morgan fingerprint density at radius 3 is 1.90 bits per heavy atom. The molecule has 29 heavy (non-hydrogen) atoms. The lowest BCUT2D eigenvalue weighted by atomic mass is 10.0. The molecule has 1 aromatic carbocycles. The number of carboxylic acids is 2. The fraction of sp³-hybridized carbons (Fsp3) is 0.579. The van der Waals surface area contributed by atoms with E-state index in [2.05, 4.69) is 40.1 Å². The minimum absolute atomic E-state index is 0.216. The van der Waals surface area contributed by atoms with Crippen LogP contribution < -0.4 is 4.90 Å². The topological polar surface area (TPSA) is 118 Å². The van der Waals surface area contributed by atoms with Gasteiger partial charge in [0.15, 0.2) is 0 Å². The van der Waals surface area contributed by atoms with Crippen molar-refractivity contribution in [1.29, 1.82) is 0 Å². The van der Waals surface area contributed by atoms with Gasteiger partial charge in [-0.25, -0.2) is 22.3 Å². The average molecular weight is 428 g/mol. The van der Waals surface area contributed by atoms with Crippen LogP contribution in [-0.2, 0) is 19.6 Å². The molecule has 2 aliphatic rings. The van der Waals surface area contributed by atoms with Crippen LogP contribution in [0.4, 0.5) is 5.69 Å². The molecular weight excluding hydrogens is 398 g/mol. The van der Waals surface area contributed by atoms with Crippen LogP contribution in [0.25, 0.3) is 0 Å². The summed E-state index contributed by atoms with van der Waals surface area (Å²) in [7, 11) is -3.01. The van der Waals surface area contributed by atoms with Crippen molar-refractivity contribution in [3.05, 3.63) is 30.3 Å². The molecule has 2 aliphatic heterocycles. The molecule has 9 nitrogen and oxygen atoms in total. The fourth-order valence-electron chi connectivity index (χ4n) is 3.65. The number of benzene rings is 1. The van der Waals surface area contributed by atoms with Crippen LogP contribution in [0.15, 0.2) is 30.3 Å². The van der Waals surface area contributed by atoms with Gasteiger partial charge in [-0.2, -0.15) is 0 Å². The number of rotatable bonds is 4. The van der Waals surface area contributed by atoms with Gasteiger partial charge in [-0.15, -0.1) is 0 Å². The van der Waals surface area contributed by atoms with Crippen molar-refractivity contribution < 1.29 is 28.2 Å². The maximum Gasteiger partial charge on any atom is 0.414 e. The van der Waals surface area contributed by atoms with Crippen LogP contribution >= 0.6 is 0 Å². The minimum Gasteiger partial charge on any atom is -0.473 e. The fourth-order valence-corrected chi connectivity index (χ4v) is 4.78. The van der Waals surface area contributed by atoms with E-state index in [1.165, 1.54) is 5.69 Å². The summed E-state index contributed by atoms with van der Waals surface area (Å²) in [6.45, 7) is 7.33. The smallest absolute Gasteiger partial charge is 0.414 e. The standard InChI is InChI=1S/C17H27N3O2S.C2H2O4/c1-2-23(21,22)20-10-8-17(9-11-20)19-14-12-18(13-15-19)16-6-4-3-5-7-16;3-1(4)2(5)6/h3-7,17H,2,8-15H2,1H3;(H,3,4)(H,5,6). The van der Waals surface area contributed by atoms with Crippen molar-refractivity contribution in [1.82, 2.24) is 9.21 Å². The quantitative estimate of drug-likeness (QED) is 0.677. The Morgan fingerprint density at radius 2 is 1.45 bits per heavy atom. The van der Waals surface area contributed by atoms with Gasteiger partial charge in [0.05, 0.1) is 5.75 Å². The second kappa shape index (κ2) is 10.6. The maximum atomic E-state index is 11.9. The van der Waals surface area contributed by atoms with Crippen LogP contribution in [0.5, 0.6) is 0 Å². The zero-order chi connectivity index (χ0) is 21.4. The monoisotopic (exact) mass is 427 g/mol. The van der Waals surface area contributed by atoms with Gasteiger partial charge in [-0.3, -0.25) is 4.90 Å². The Balaban J connectivity index is 0.000000438. The van der Waals surface area contributed by atoms with Gasteiger partial charge in [0, 0.05) is 51.0 Å². The summed E-state index contributed by atoms with van der Waals surface area (Å²) in [5.74, 6) is -3.43. The second-order valence-electron chi connectivity index (χ2n) is 7.00. The molecule has 2 saturated heterocycles. The minimum atomic E-state index is -3.01. The van der Waals surface area contributed by atoms with Gasteiger partial charge in [-0.05, 0) is 31.9 Å². The number of sulfonamides is 1. The van der Waals surface area contributed by atoms with Gasteiger partial charge < -0.3 is 15.1 Å². The second-order valence-corrected chi connectivity index (χ2v) is 9.26. The summed E-state index contributed by atoms with van der Waals surface area (Å²) in [6, 6.07) is 11.1. The number of para-hydroxylation sites is 1. The van der Waals surface area contributed by atoms with E-state index in [-0.39, 0.29) is 5.75 Å². The lowest BCUT2D eigenvalue weighted by Gasteiger charge is -2.43. The van der Waals surface area contributed by atoms with Crippen molar-refractivity contribution in [2.24, 2.45) is 0 Å². The number of piperidine rings is 1. The van der Waals surface area contributed by atoms with Gasteiger partial charge in [0.25, 0.3) is 0 Å². The maximum absolute atomic E-state index is 11.9. The molecule has 0 radical (unpaired) electrons. The summed E-state index contributed by atoms with van der Waals surface area (Å²) in [4.78, 5) is 23.2. The van der Waals surface area contributed by atoms with Crippen LogP contribution in [0, 0.1) is 0 Å². The number of carboxylic acid groups (broad SMARTS) is 2. The third kappa shape index (κ3) is 6.69. The van der Waals surface area contributed by atoms with E-state index in [1.807, 2.05) is 0 Å². The number of piperazine rings is 1. The van der Waals surface area contributed by atoms with E-state index >= 15 is 0 Å². The van der Waals surface area contributed by atoms with E-state index in [4.69, 9.17) is 19.8 Å². The number of hydrogen-bond donors (Lipinski definition) is 2. The molecule has 0 bridgehead atoms. The predicted octanol–water partition coefficient (Wildman–Crippen LogP) is 0.778. The normalized spacial score (nSPS) is 19.3. The Morgan fingerprint density at radius 1 is 0.931 bits per heavy atom. The molecule has 0 unspecified atom stereocenters. The molecule has 2 N–H and O–H groups in total. The highest BCUT2D eigenvalue weighted by Crippen LogP contribution is 2.22. The summed E-state index contributed by atoms with van der Waals surface area (Å²) < 4.78 is 25.6. The Hall–Kier alpha value is -2.17. The van der Waals surface area contributed by atoms with Crippen molar-refractivity contribution >= 4 is 27.6 Å². The highest BCUT2D eigenvalue weighted by molar-refractivity contribution is 7.89. The highest BCUT2D eigenvalue weighted by atomic mass is 32.2. The number of nitrogens with zero attached hydrogens (tertiary/aromatic N) is 3. The predicted molar refractivity (Wildman–Crippen MR) is 110 cm³/mol. The van der Waals surface area contributed by atoms with Crippen LogP contribution in [0.3, 0.4) is 0 Å². The molecular formula is C19H29N3O6S. The van der Waals surface area contributed by atoms with E-state index < -0.39 is 22.0 Å². The van der Waals surface area contributed by atoms with Crippen molar-refractivity contribution in [2.75, 3.05) is 49.9 Å². The molecule has 10 heteroatoms. The zero-order valence-electron chi connectivity index (χ0n) is 16.6. The van der Waals surface area contributed by atoms with Crippen molar-refractivity contribution in [2.45, 2.75) is 25.8 Å². The van der Waals surface area contributed by atoms with Gasteiger partial charge in [-0.1, -0.05) is 18.2 Å². The summed E-state index contributed by atoms with van der Waals surface area (Å²) in [5, 5.41) is 14.8. The van der Waals surface area contributed by atoms with Crippen molar-refractivity contribution in [3.8, 4) is 0 Å². The van der Waals surface area contributed by atoms with Crippen LogP contribution in [0.1, 0.15) is 19.8 Å². The first-order valence-electron chi connectivity index (χ1n) is 9.72. The number of anilines is 1. The average Bonchev–Trinajstić information content (AvgIpc) is 2.75. The third-order valence-electron chi connectivity index (χ3n) is 5.32. The molecule has 0 atom stereocenters. The molecule has 2 heterocycles. The Labute approximate surface area is 171 Å². The van der Waals surface area contributed by atoms with Gasteiger partial charge >= 0.3 is 11.9 Å². The molecule has 3 rings (SSSR count). The first kappa shape index (κ1) is 23.1. The van der Waals surface area contributed by atoms with E-state index in [1.54, 1.807) is 11.2 Å². The van der Waals surface area contributed by atoms with Crippen LogP contribution in [0.2, 0.25) is 0 Å². The molecule has 162 valence electrons. The number of aliphatic carboxylic acids is 2. The molecule has 2 fully saturated rings. The summed E-state index contributed by atoms with van der Waals surface area (Å²) >= 11 is 0. The molecule has 0 saturated carbocycles. The van der Waals surface area contributed by atoms with Gasteiger partial charge in [0.2, 0.25) is 10.0 Å².